The highest BCUT2D eigenvalue weighted by Crippen LogP contribution is 2.48. The first-order valence-corrected chi connectivity index (χ1v) is 7.99. The molecule has 4 aliphatic rings. The van der Waals surface area contributed by atoms with Gasteiger partial charge in [0, 0.05) is 26.2 Å². The zero-order valence-corrected chi connectivity index (χ0v) is 13.5. The molecule has 0 aromatic rings. The Hall–Kier alpha value is -0.610. The summed E-state index contributed by atoms with van der Waals surface area (Å²) in [5.41, 5.74) is -0.953. The minimum atomic E-state index is -1.64. The summed E-state index contributed by atoms with van der Waals surface area (Å²) in [6, 6.07) is 0. The molecule has 8 nitrogen and oxygen atoms in total. The van der Waals surface area contributed by atoms with Gasteiger partial charge in [0.05, 0.1) is 23.6 Å². The molecule has 4 unspecified atom stereocenters. The largest absolute Gasteiger partial charge is 0.394 e. The molecule has 4 aliphatic heterocycles. The van der Waals surface area contributed by atoms with Gasteiger partial charge in [0.2, 0.25) is 0 Å². The highest BCUT2D eigenvalue weighted by Gasteiger charge is 2.63. The van der Waals surface area contributed by atoms with Crippen LogP contribution in [0.2, 0.25) is 0 Å². The van der Waals surface area contributed by atoms with E-state index in [2.05, 4.69) is 0 Å². The molecular weight excluding hydrogens is 304 g/mol. The van der Waals surface area contributed by atoms with E-state index in [0.29, 0.717) is 26.2 Å². The lowest BCUT2D eigenvalue weighted by Crippen LogP contribution is -2.80. The molecule has 0 saturated carbocycles. The standard InChI is InChI=1S/C15H26N2O6/c1-14-4-16-6-15(2,13(14)23)7-17(5-14)12(16)11(22)10(21)9(20)8(19)3-18/h8-12,18-22H,3-7H2,1-2H3. The number of carbonyl (C=O) groups is 1. The van der Waals surface area contributed by atoms with Crippen LogP contribution in [0.5, 0.6) is 0 Å². The van der Waals surface area contributed by atoms with Gasteiger partial charge in [0.15, 0.2) is 0 Å². The Kier molecular flexibility index (Phi) is 4.08. The molecule has 4 atom stereocenters. The molecule has 0 radical (unpaired) electrons. The molecule has 4 saturated heterocycles. The predicted molar refractivity (Wildman–Crippen MR) is 79.3 cm³/mol. The maximum Gasteiger partial charge on any atom is 0.149 e. The third-order valence-corrected chi connectivity index (χ3v) is 5.64. The molecule has 5 N–H and O–H groups in total. The molecule has 0 aliphatic carbocycles. The Morgan fingerprint density at radius 1 is 1.00 bits per heavy atom. The number of rotatable bonds is 5. The van der Waals surface area contributed by atoms with Crippen LogP contribution in [-0.4, -0.2) is 104 Å². The van der Waals surface area contributed by atoms with E-state index in [0.717, 1.165) is 0 Å². The van der Waals surface area contributed by atoms with Gasteiger partial charge in [-0.1, -0.05) is 13.8 Å². The number of aliphatic hydroxyl groups is 5. The molecule has 8 heteroatoms. The third kappa shape index (κ3) is 2.44. The number of hydrogen-bond acceptors (Lipinski definition) is 8. The second kappa shape index (κ2) is 5.45. The second-order valence-corrected chi connectivity index (χ2v) is 7.90. The van der Waals surface area contributed by atoms with Gasteiger partial charge in [-0.05, 0) is 0 Å². The van der Waals surface area contributed by atoms with Crippen molar-refractivity contribution in [3.05, 3.63) is 0 Å². The van der Waals surface area contributed by atoms with Gasteiger partial charge in [-0.2, -0.15) is 0 Å². The van der Waals surface area contributed by atoms with Crippen molar-refractivity contribution in [2.45, 2.75) is 44.4 Å². The van der Waals surface area contributed by atoms with Crippen molar-refractivity contribution in [2.24, 2.45) is 10.8 Å². The van der Waals surface area contributed by atoms with Crippen LogP contribution in [0.15, 0.2) is 0 Å². The first-order chi connectivity index (χ1) is 10.6. The number of nitrogens with zero attached hydrogens (tertiary/aromatic N) is 2. The number of Topliss-reactive ketones (excluding diaryl/α,β-unsaturated/α-hetero) is 1. The molecule has 4 bridgehead atoms. The Bertz CT molecular complexity index is 460. The van der Waals surface area contributed by atoms with E-state index in [4.69, 9.17) is 5.11 Å². The number of aliphatic hydroxyl groups excluding tert-OH is 5. The molecule has 4 heterocycles. The Morgan fingerprint density at radius 3 is 1.83 bits per heavy atom. The van der Waals surface area contributed by atoms with Crippen molar-refractivity contribution >= 4 is 5.78 Å². The third-order valence-electron chi connectivity index (χ3n) is 5.64. The maximum atomic E-state index is 12.6. The summed E-state index contributed by atoms with van der Waals surface area (Å²) >= 11 is 0. The van der Waals surface area contributed by atoms with Crippen LogP contribution in [0.25, 0.3) is 0 Å². The summed E-state index contributed by atoms with van der Waals surface area (Å²) < 4.78 is 0. The lowest BCUT2D eigenvalue weighted by molar-refractivity contribution is -0.228. The van der Waals surface area contributed by atoms with Gasteiger partial charge in [0.1, 0.15) is 30.2 Å². The fraction of sp³-hybridized carbons (Fsp3) is 0.933. The van der Waals surface area contributed by atoms with Crippen LogP contribution in [0.3, 0.4) is 0 Å². The highest BCUT2D eigenvalue weighted by atomic mass is 16.4. The summed E-state index contributed by atoms with van der Waals surface area (Å²) in [6.07, 6.45) is -6.57. The summed E-state index contributed by atoms with van der Waals surface area (Å²) in [5.74, 6) is 0.252. The minimum absolute atomic E-state index is 0.252. The topological polar surface area (TPSA) is 125 Å². The molecule has 0 amide bonds. The predicted octanol–water partition coefficient (Wildman–Crippen LogP) is -3.03. The Labute approximate surface area is 134 Å². The maximum absolute atomic E-state index is 12.6. The van der Waals surface area contributed by atoms with Gasteiger partial charge >= 0.3 is 0 Å². The van der Waals surface area contributed by atoms with Crippen LogP contribution < -0.4 is 0 Å². The first-order valence-electron chi connectivity index (χ1n) is 7.99. The van der Waals surface area contributed by atoms with Gasteiger partial charge in [-0.3, -0.25) is 14.6 Å². The van der Waals surface area contributed by atoms with Gasteiger partial charge in [-0.15, -0.1) is 0 Å². The lowest BCUT2D eigenvalue weighted by Gasteiger charge is -2.65. The van der Waals surface area contributed by atoms with Crippen molar-refractivity contribution in [2.75, 3.05) is 32.8 Å². The molecule has 0 aromatic heterocycles. The van der Waals surface area contributed by atoms with Crippen LogP contribution in [-0.2, 0) is 4.79 Å². The fourth-order valence-corrected chi connectivity index (χ4v) is 4.77. The van der Waals surface area contributed by atoms with E-state index < -0.39 is 48.0 Å². The van der Waals surface area contributed by atoms with E-state index in [9.17, 15) is 25.2 Å². The molecule has 23 heavy (non-hydrogen) atoms. The normalized spacial score (nSPS) is 47.4. The first kappa shape index (κ1) is 17.2. The second-order valence-electron chi connectivity index (χ2n) is 7.90. The fourth-order valence-electron chi connectivity index (χ4n) is 4.77. The van der Waals surface area contributed by atoms with Crippen molar-refractivity contribution in [1.29, 1.82) is 0 Å². The van der Waals surface area contributed by atoms with Crippen LogP contribution in [0.1, 0.15) is 13.8 Å². The van der Waals surface area contributed by atoms with Gasteiger partial charge in [-0.25, -0.2) is 0 Å². The van der Waals surface area contributed by atoms with Gasteiger partial charge in [0.25, 0.3) is 0 Å². The zero-order chi connectivity index (χ0) is 17.2. The monoisotopic (exact) mass is 330 g/mol. The van der Waals surface area contributed by atoms with E-state index in [1.54, 1.807) is 0 Å². The van der Waals surface area contributed by atoms with E-state index in [-0.39, 0.29) is 5.78 Å². The SMILES string of the molecule is CC12CN3CC(C)(CN(C1)C3C(O)C(O)C(O)C(O)CO)C2=O. The minimum Gasteiger partial charge on any atom is -0.394 e. The lowest BCUT2D eigenvalue weighted by atomic mass is 9.61. The summed E-state index contributed by atoms with van der Waals surface area (Å²) in [6.45, 7) is 5.17. The Balaban J connectivity index is 1.80. The summed E-state index contributed by atoms with van der Waals surface area (Å²) in [7, 11) is 0. The molecule has 4 fully saturated rings. The van der Waals surface area contributed by atoms with Crippen LogP contribution in [0, 0.1) is 10.8 Å². The number of hydrogen-bond donors (Lipinski definition) is 5. The molecule has 0 spiro atoms. The molecule has 4 rings (SSSR count). The average Bonchev–Trinajstić information content (AvgIpc) is 2.48. The molecule has 132 valence electrons. The summed E-state index contributed by atoms with van der Waals surface area (Å²) in [5, 5.41) is 48.9. The van der Waals surface area contributed by atoms with E-state index >= 15 is 0 Å². The van der Waals surface area contributed by atoms with Crippen molar-refractivity contribution in [1.82, 2.24) is 9.80 Å². The number of ketones is 1. The molecule has 0 aromatic carbocycles. The average molecular weight is 330 g/mol. The molecular formula is C15H26N2O6. The van der Waals surface area contributed by atoms with E-state index in [1.807, 2.05) is 23.6 Å². The van der Waals surface area contributed by atoms with Crippen LogP contribution in [0.4, 0.5) is 0 Å². The van der Waals surface area contributed by atoms with Crippen LogP contribution >= 0.6 is 0 Å². The zero-order valence-electron chi connectivity index (χ0n) is 13.5. The summed E-state index contributed by atoms with van der Waals surface area (Å²) in [4.78, 5) is 16.5. The highest BCUT2D eigenvalue weighted by molar-refractivity contribution is 5.92. The van der Waals surface area contributed by atoms with Crippen molar-refractivity contribution in [3.63, 3.8) is 0 Å². The number of carbonyl (C=O) groups excluding carboxylic acids is 1. The van der Waals surface area contributed by atoms with Crippen molar-refractivity contribution in [3.8, 4) is 0 Å². The quantitative estimate of drug-likeness (QED) is 0.361. The van der Waals surface area contributed by atoms with Gasteiger partial charge < -0.3 is 25.5 Å². The van der Waals surface area contributed by atoms with E-state index in [1.165, 1.54) is 0 Å². The number of piperidine rings is 2. The Morgan fingerprint density at radius 2 is 1.43 bits per heavy atom. The smallest absolute Gasteiger partial charge is 0.149 e. The van der Waals surface area contributed by atoms with Crippen molar-refractivity contribution < 1.29 is 30.3 Å².